The summed E-state index contributed by atoms with van der Waals surface area (Å²) >= 11 is 2.37. The number of ether oxygens (including phenoxy) is 10. The van der Waals surface area contributed by atoms with E-state index in [1.165, 1.54) is 22.7 Å². The number of aliphatic hydroxyl groups is 1. The van der Waals surface area contributed by atoms with Gasteiger partial charge in [-0.15, -0.1) is 22.7 Å². The average molecular weight is 1370 g/mol. The summed E-state index contributed by atoms with van der Waals surface area (Å²) < 4.78 is 53.9. The number of carbonyl (C=O) groups is 4. The minimum absolute atomic E-state index is 0.0211. The van der Waals surface area contributed by atoms with Gasteiger partial charge in [-0.25, -0.2) is 14.5 Å². The van der Waals surface area contributed by atoms with Crippen LogP contribution in [0.3, 0.4) is 0 Å². The number of aliphatic hydroxyl groups excluding tert-OH is 1. The van der Waals surface area contributed by atoms with Gasteiger partial charge in [-0.05, 0) is 126 Å². The van der Waals surface area contributed by atoms with E-state index in [-0.39, 0.29) is 60.6 Å². The molecule has 1 N–H and O–H groups in total. The highest BCUT2D eigenvalue weighted by molar-refractivity contribution is 7.20. The van der Waals surface area contributed by atoms with Crippen molar-refractivity contribution in [2.24, 2.45) is 44.1 Å². The Labute approximate surface area is 572 Å². The zero-order chi connectivity index (χ0) is 69.5. The molecule has 0 bridgehead atoms. The molecule has 3 aliphatic rings. The first-order valence-corrected chi connectivity index (χ1v) is 34.3. The second kappa shape index (κ2) is 45.1. The number of benzene rings is 2. The molecule has 0 spiro atoms. The fraction of sp³-hybridized carbons (Fsp3) is 0.594. The summed E-state index contributed by atoms with van der Waals surface area (Å²) in [7, 11) is 0. The van der Waals surface area contributed by atoms with Crippen LogP contribution in [-0.4, -0.2) is 174 Å². The molecule has 4 unspecified atom stereocenters. The van der Waals surface area contributed by atoms with E-state index in [2.05, 4.69) is 81.6 Å². The van der Waals surface area contributed by atoms with Gasteiger partial charge in [-0.2, -0.15) is 25.7 Å². The van der Waals surface area contributed by atoms with Gasteiger partial charge in [0.1, 0.15) is 28.5 Å². The number of fused-ring (bicyclic) bond motifs is 1. The molecule has 2 aromatic heterocycles. The van der Waals surface area contributed by atoms with E-state index in [0.717, 1.165) is 99.3 Å². The van der Waals surface area contributed by atoms with Crippen LogP contribution in [-0.2, 0) is 66.5 Å². The van der Waals surface area contributed by atoms with Crippen molar-refractivity contribution < 1.29 is 71.7 Å². The van der Waals surface area contributed by atoms with E-state index < -0.39 is 0 Å². The van der Waals surface area contributed by atoms with Crippen LogP contribution < -0.4 is 9.80 Å². The van der Waals surface area contributed by atoms with Crippen LogP contribution >= 0.6 is 22.7 Å². The third kappa shape index (κ3) is 26.2. The number of carbonyl (C=O) groups excluding carboxylic acids is 4. The van der Waals surface area contributed by atoms with Crippen molar-refractivity contribution in [3.63, 3.8) is 0 Å². The van der Waals surface area contributed by atoms with Gasteiger partial charge in [0.05, 0.1) is 166 Å². The Kier molecular flexibility index (Phi) is 37.2. The summed E-state index contributed by atoms with van der Waals surface area (Å²) in [5, 5.41) is 36.5. The molecule has 25 nitrogen and oxygen atoms in total. The van der Waals surface area contributed by atoms with Crippen LogP contribution in [0.4, 0.5) is 49.1 Å². The second-order valence-electron chi connectivity index (χ2n) is 22.5. The van der Waals surface area contributed by atoms with Gasteiger partial charge >= 0.3 is 17.9 Å². The van der Waals surface area contributed by atoms with Crippen molar-refractivity contribution in [2.45, 2.75) is 99.8 Å². The minimum Gasteiger partial charge on any atom is -0.463 e. The van der Waals surface area contributed by atoms with E-state index in [1.54, 1.807) is 20.8 Å². The van der Waals surface area contributed by atoms with Gasteiger partial charge in [0.25, 0.3) is 0 Å². The Hall–Kier alpha value is -7.48. The van der Waals surface area contributed by atoms with Crippen molar-refractivity contribution in [2.75, 3.05) is 155 Å². The SMILES string of the molecule is O=C1OC(=O)C2CCCCC12.[C-]#[N+]c1c(N=Nc2ccc(N(CC)CCOCCOCCOCCOCCOC(=O)C3CCCCC3C(C)=O)cc2C)sc(C#N)c1C.[C-]#[N+]c1sc(N=Nc2ccc(N(CC)CCOCCOCCOCCOCCO)cc2C)c([N+]#[C-])c1C. The molecule has 4 atom stereocenters. The summed E-state index contributed by atoms with van der Waals surface area (Å²) in [6.45, 7) is 45.9. The monoisotopic (exact) mass is 1360 g/mol. The van der Waals surface area contributed by atoms with Crippen molar-refractivity contribution in [1.29, 1.82) is 5.26 Å². The molecular weight excluding hydrogens is 1270 g/mol. The summed E-state index contributed by atoms with van der Waals surface area (Å²) in [5.41, 5.74) is 7.56. The highest BCUT2D eigenvalue weighted by Crippen LogP contribution is 2.48. The lowest BCUT2D eigenvalue weighted by Gasteiger charge is -2.27. The molecule has 4 aromatic rings. The summed E-state index contributed by atoms with van der Waals surface area (Å²) in [6, 6.07) is 14.1. The molecule has 7 rings (SSSR count). The standard InChI is InChI=1S/C35H47N5O7S.C26H35N5O5S.C8H10O3/c1-6-40(28-11-12-31(25(2)23-28)38-39-34-33(37-5)26(3)32(24-36)48-34)13-14-43-15-16-44-17-18-45-19-20-46-21-22-47-35(42)30-10-8-7-9-29(30)27(4)41;1-6-31(9-11-33-13-15-35-17-18-36-16-14-34-12-10-32)22-7-8-23(20(2)19-22)29-30-26-24(27-4)21(3)25(28-5)37-26;9-7-5-3-1-2-4-6(5)8(10)11-7/h11-12,23,29-30H,6-10,13-22H2,1-4H3;7-8,19,32H,6,9-18H2,1-3H3;5-6H,1-4H2. The molecule has 2 saturated carbocycles. The normalized spacial score (nSPS) is 16.5. The van der Waals surface area contributed by atoms with E-state index in [4.69, 9.17) is 67.5 Å². The molecule has 0 amide bonds. The van der Waals surface area contributed by atoms with Crippen LogP contribution in [0.2, 0.25) is 0 Å². The molecular formula is C69H92N10O15S2. The number of nitrogens with zero attached hydrogens (tertiary/aromatic N) is 10. The minimum atomic E-state index is -0.320. The first-order valence-electron chi connectivity index (χ1n) is 32.6. The molecule has 96 heavy (non-hydrogen) atoms. The quantitative estimate of drug-likeness (QED) is 0.0143. The average Bonchev–Trinajstić information content (AvgIpc) is 1.70. The third-order valence-corrected chi connectivity index (χ3v) is 18.2. The van der Waals surface area contributed by atoms with Gasteiger partial charge in [0.15, 0.2) is 0 Å². The highest BCUT2D eigenvalue weighted by Gasteiger charge is 2.45. The Balaban J connectivity index is 0.000000304. The number of thiophene rings is 2. The number of aryl methyl sites for hydroxylation is 2. The van der Waals surface area contributed by atoms with Crippen LogP contribution in [0, 0.1) is 82.4 Å². The van der Waals surface area contributed by atoms with Crippen LogP contribution in [0.1, 0.15) is 99.3 Å². The lowest BCUT2D eigenvalue weighted by atomic mass is 9.77. The molecule has 3 fully saturated rings. The van der Waals surface area contributed by atoms with E-state index >= 15 is 0 Å². The van der Waals surface area contributed by atoms with E-state index in [0.29, 0.717) is 160 Å². The third-order valence-electron chi connectivity index (χ3n) is 16.1. The topological polar surface area (TPSA) is 274 Å². The number of esters is 3. The van der Waals surface area contributed by atoms with E-state index in [1.807, 2.05) is 38.1 Å². The Morgan fingerprint density at radius 3 is 1.39 bits per heavy atom. The Morgan fingerprint density at radius 1 is 0.573 bits per heavy atom. The van der Waals surface area contributed by atoms with Gasteiger partial charge in [-0.1, -0.05) is 32.6 Å². The summed E-state index contributed by atoms with van der Waals surface area (Å²) in [5.74, 6) is -1.54. The fourth-order valence-electron chi connectivity index (χ4n) is 10.7. The maximum Gasteiger partial charge on any atom is 0.317 e. The lowest BCUT2D eigenvalue weighted by Crippen LogP contribution is -2.33. The number of Topliss-reactive ketones (excluding diaryl/α,β-unsaturated/α-hetero) is 1. The summed E-state index contributed by atoms with van der Waals surface area (Å²) in [6.07, 6.45) is 7.23. The molecule has 2 aliphatic carbocycles. The van der Waals surface area contributed by atoms with Crippen LogP contribution in [0.25, 0.3) is 14.5 Å². The Bertz CT molecular complexity index is 3310. The zero-order valence-corrected chi connectivity index (χ0v) is 58.1. The first kappa shape index (κ1) is 79.2. The number of hydrogen-bond acceptors (Lipinski definition) is 24. The van der Waals surface area contributed by atoms with Gasteiger partial charge in [-0.3, -0.25) is 19.2 Å². The smallest absolute Gasteiger partial charge is 0.317 e. The fourth-order valence-corrected chi connectivity index (χ4v) is 12.4. The molecule has 520 valence electrons. The van der Waals surface area contributed by atoms with Crippen molar-refractivity contribution in [3.8, 4) is 6.07 Å². The molecule has 1 saturated heterocycles. The zero-order valence-electron chi connectivity index (χ0n) is 56.4. The second-order valence-corrected chi connectivity index (χ2v) is 24.5. The number of cyclic esters (lactones) is 2. The molecule has 1 aliphatic heterocycles. The number of rotatable bonds is 39. The summed E-state index contributed by atoms with van der Waals surface area (Å²) in [4.78, 5) is 61.5. The largest absolute Gasteiger partial charge is 0.463 e. The maximum atomic E-state index is 12.3. The van der Waals surface area contributed by atoms with Crippen molar-refractivity contribution in [3.05, 3.63) is 97.8 Å². The molecule has 0 radical (unpaired) electrons. The number of ketones is 1. The number of azo groups is 2. The van der Waals surface area contributed by atoms with Crippen LogP contribution in [0.15, 0.2) is 56.9 Å². The lowest BCUT2D eigenvalue weighted by molar-refractivity contribution is -0.156. The number of anilines is 2. The van der Waals surface area contributed by atoms with Gasteiger partial charge < -0.3 is 62.3 Å². The molecule has 27 heteroatoms. The number of likely N-dealkylation sites (N-methyl/N-ethyl adjacent to an activating group) is 2. The van der Waals surface area contributed by atoms with E-state index in [9.17, 15) is 24.4 Å². The number of hydrogen-bond donors (Lipinski definition) is 1. The van der Waals surface area contributed by atoms with Gasteiger partial charge in [0.2, 0.25) is 16.4 Å². The van der Waals surface area contributed by atoms with Crippen molar-refractivity contribution in [1.82, 2.24) is 0 Å². The molecule has 2 aromatic carbocycles. The predicted octanol–water partition coefficient (Wildman–Crippen LogP) is 13.7. The Morgan fingerprint density at radius 2 is 0.979 bits per heavy atom. The maximum absolute atomic E-state index is 12.3. The van der Waals surface area contributed by atoms with Crippen LogP contribution in [0.5, 0.6) is 0 Å². The van der Waals surface area contributed by atoms with Crippen molar-refractivity contribution >= 4 is 95.5 Å². The first-order chi connectivity index (χ1) is 46.6. The highest BCUT2D eigenvalue weighted by atomic mass is 32.1. The molecule has 3 heterocycles. The number of nitriles is 1. The van der Waals surface area contributed by atoms with Gasteiger partial charge in [0, 0.05) is 43.5 Å². The predicted molar refractivity (Wildman–Crippen MR) is 365 cm³/mol.